The van der Waals surface area contributed by atoms with Crippen molar-refractivity contribution in [1.29, 1.82) is 0 Å². The van der Waals surface area contributed by atoms with Gasteiger partial charge in [0.05, 0.1) is 5.60 Å². The lowest BCUT2D eigenvalue weighted by Crippen LogP contribution is -2.28. The Morgan fingerprint density at radius 2 is 1.62 bits per heavy atom. The molecule has 166 valence electrons. The van der Waals surface area contributed by atoms with Crippen LogP contribution in [0.3, 0.4) is 0 Å². The molecule has 3 aromatic rings. The van der Waals surface area contributed by atoms with Crippen LogP contribution in [-0.2, 0) is 16.1 Å². The zero-order valence-electron chi connectivity index (χ0n) is 19.6. The molecule has 4 heteroatoms. The fraction of sp³-hybridized carbons (Fsp3) is 0.321. The molecular weight excluding hydrogens is 400 g/mol. The largest absolute Gasteiger partial charge is 0.488 e. The first-order valence-corrected chi connectivity index (χ1v) is 10.9. The van der Waals surface area contributed by atoms with Gasteiger partial charge in [-0.2, -0.15) is 0 Å². The first kappa shape index (κ1) is 22.1. The molecule has 1 heterocycles. The van der Waals surface area contributed by atoms with Crippen molar-refractivity contribution in [2.24, 2.45) is 0 Å². The minimum Gasteiger partial charge on any atom is -0.488 e. The van der Waals surface area contributed by atoms with E-state index < -0.39 is 17.7 Å². The van der Waals surface area contributed by atoms with Gasteiger partial charge in [-0.25, -0.2) is 4.79 Å². The van der Waals surface area contributed by atoms with Crippen LogP contribution in [0.1, 0.15) is 54.7 Å². The van der Waals surface area contributed by atoms with Gasteiger partial charge in [-0.05, 0) is 74.9 Å². The van der Waals surface area contributed by atoms with Gasteiger partial charge >= 0.3 is 5.97 Å². The molecule has 1 atom stereocenters. The Hall–Kier alpha value is -3.11. The highest BCUT2D eigenvalue weighted by Crippen LogP contribution is 2.50. The molecule has 0 saturated carbocycles. The van der Waals surface area contributed by atoms with Crippen LogP contribution in [0.15, 0.2) is 48.5 Å². The third-order valence-electron chi connectivity index (χ3n) is 5.95. The lowest BCUT2D eigenvalue weighted by Gasteiger charge is -2.32. The van der Waals surface area contributed by atoms with E-state index in [1.54, 1.807) is 0 Å². The second-order valence-corrected chi connectivity index (χ2v) is 9.50. The van der Waals surface area contributed by atoms with Crippen molar-refractivity contribution >= 4 is 5.97 Å². The summed E-state index contributed by atoms with van der Waals surface area (Å²) in [6.45, 7) is 12.1. The molecule has 1 N–H and O–H groups in total. The maximum atomic E-state index is 12.5. The number of carboxylic acid groups (broad SMARTS) is 1. The van der Waals surface area contributed by atoms with E-state index in [4.69, 9.17) is 9.47 Å². The Bertz CT molecular complexity index is 1180. The average molecular weight is 431 g/mol. The van der Waals surface area contributed by atoms with Gasteiger partial charge in [0.15, 0.2) is 6.10 Å². The number of ether oxygens (including phenoxy) is 2. The molecule has 1 unspecified atom stereocenters. The van der Waals surface area contributed by atoms with Crippen molar-refractivity contribution in [2.75, 3.05) is 0 Å². The number of fused-ring (bicyclic) bond motifs is 3. The second kappa shape index (κ2) is 8.10. The molecular formula is C28H30O4. The van der Waals surface area contributed by atoms with Gasteiger partial charge in [-0.1, -0.05) is 54.1 Å². The highest BCUT2D eigenvalue weighted by atomic mass is 16.5. The number of hydrogen-bond donors (Lipinski definition) is 1. The summed E-state index contributed by atoms with van der Waals surface area (Å²) in [6, 6.07) is 16.5. The highest BCUT2D eigenvalue weighted by molar-refractivity contribution is 5.91. The lowest BCUT2D eigenvalue weighted by atomic mass is 9.81. The number of rotatable bonds is 4. The summed E-state index contributed by atoms with van der Waals surface area (Å²) >= 11 is 0. The van der Waals surface area contributed by atoms with Gasteiger partial charge < -0.3 is 14.6 Å². The van der Waals surface area contributed by atoms with Crippen LogP contribution >= 0.6 is 0 Å². The minimum atomic E-state index is -1.11. The van der Waals surface area contributed by atoms with Gasteiger partial charge in [0.25, 0.3) is 0 Å². The average Bonchev–Trinajstić information content (AvgIpc) is 2.74. The molecule has 32 heavy (non-hydrogen) atoms. The molecule has 4 nitrogen and oxygen atoms in total. The van der Waals surface area contributed by atoms with Gasteiger partial charge in [0, 0.05) is 11.1 Å². The van der Waals surface area contributed by atoms with E-state index in [2.05, 4.69) is 43.3 Å². The van der Waals surface area contributed by atoms with E-state index in [0.717, 1.165) is 50.3 Å². The lowest BCUT2D eigenvalue weighted by molar-refractivity contribution is -0.160. The Morgan fingerprint density at radius 1 is 0.969 bits per heavy atom. The zero-order valence-corrected chi connectivity index (χ0v) is 19.6. The predicted octanol–water partition coefficient (Wildman–Crippen LogP) is 6.78. The summed E-state index contributed by atoms with van der Waals surface area (Å²) in [5, 5.41) is 10.2. The third kappa shape index (κ3) is 3.91. The number of hydrogen-bond acceptors (Lipinski definition) is 3. The maximum absolute atomic E-state index is 12.5. The molecule has 0 amide bonds. The summed E-state index contributed by atoms with van der Waals surface area (Å²) < 4.78 is 12.3. The van der Waals surface area contributed by atoms with Crippen LogP contribution < -0.4 is 4.74 Å². The van der Waals surface area contributed by atoms with E-state index >= 15 is 0 Å². The van der Waals surface area contributed by atoms with Crippen LogP contribution in [0.2, 0.25) is 0 Å². The van der Waals surface area contributed by atoms with Crippen LogP contribution in [0.4, 0.5) is 0 Å². The molecule has 0 aliphatic carbocycles. The number of carbonyl (C=O) groups is 1. The topological polar surface area (TPSA) is 55.8 Å². The van der Waals surface area contributed by atoms with E-state index in [1.165, 1.54) is 0 Å². The molecule has 0 spiro atoms. The number of aryl methyl sites for hydroxylation is 1. The van der Waals surface area contributed by atoms with Crippen molar-refractivity contribution in [3.8, 4) is 28.0 Å². The monoisotopic (exact) mass is 430 g/mol. The molecule has 1 aliphatic rings. The van der Waals surface area contributed by atoms with Crippen LogP contribution in [-0.4, -0.2) is 16.7 Å². The summed E-state index contributed by atoms with van der Waals surface area (Å²) in [4.78, 5) is 12.5. The Balaban J connectivity index is 2.09. The SMILES string of the molecule is Cc1ccc(-c2c(C)c3c(c(C)c2C(OC(C)(C)C)C(=O)O)OCc2ccccc2-3)cc1. The fourth-order valence-corrected chi connectivity index (χ4v) is 4.55. The second-order valence-electron chi connectivity index (χ2n) is 9.50. The first-order chi connectivity index (χ1) is 15.1. The Labute approximate surface area is 189 Å². The Morgan fingerprint density at radius 3 is 2.25 bits per heavy atom. The summed E-state index contributed by atoms with van der Waals surface area (Å²) in [6.07, 6.45) is -1.11. The van der Waals surface area contributed by atoms with Gasteiger partial charge in [0.2, 0.25) is 0 Å². The molecule has 0 fully saturated rings. The summed E-state index contributed by atoms with van der Waals surface area (Å²) in [7, 11) is 0. The van der Waals surface area contributed by atoms with E-state index in [9.17, 15) is 9.90 Å². The Kier molecular flexibility index (Phi) is 5.59. The molecule has 0 radical (unpaired) electrons. The zero-order chi connectivity index (χ0) is 23.2. The summed E-state index contributed by atoms with van der Waals surface area (Å²) in [5.41, 5.74) is 8.17. The fourth-order valence-electron chi connectivity index (χ4n) is 4.55. The summed E-state index contributed by atoms with van der Waals surface area (Å²) in [5.74, 6) is -0.261. The van der Waals surface area contributed by atoms with Gasteiger partial charge in [0.1, 0.15) is 12.4 Å². The quantitative estimate of drug-likeness (QED) is 0.496. The molecule has 0 saturated heterocycles. The minimum absolute atomic E-state index is 0.463. The molecule has 3 aromatic carbocycles. The van der Waals surface area contributed by atoms with Crippen LogP contribution in [0.5, 0.6) is 5.75 Å². The number of carboxylic acids is 1. The number of aliphatic carboxylic acids is 1. The number of benzene rings is 3. The van der Waals surface area contributed by atoms with Crippen molar-refractivity contribution in [3.05, 3.63) is 76.3 Å². The van der Waals surface area contributed by atoms with Crippen LogP contribution in [0.25, 0.3) is 22.3 Å². The predicted molar refractivity (Wildman–Crippen MR) is 127 cm³/mol. The van der Waals surface area contributed by atoms with Crippen molar-refractivity contribution in [3.63, 3.8) is 0 Å². The molecule has 1 aliphatic heterocycles. The van der Waals surface area contributed by atoms with Crippen molar-refractivity contribution in [2.45, 2.75) is 59.9 Å². The molecule has 4 rings (SSSR count). The van der Waals surface area contributed by atoms with Gasteiger partial charge in [-0.3, -0.25) is 0 Å². The van der Waals surface area contributed by atoms with Gasteiger partial charge in [-0.15, -0.1) is 0 Å². The van der Waals surface area contributed by atoms with E-state index in [1.807, 2.05) is 46.8 Å². The maximum Gasteiger partial charge on any atom is 0.337 e. The van der Waals surface area contributed by atoms with Crippen LogP contribution in [0, 0.1) is 20.8 Å². The van der Waals surface area contributed by atoms with Crippen molar-refractivity contribution in [1.82, 2.24) is 0 Å². The smallest absolute Gasteiger partial charge is 0.337 e. The molecule has 0 bridgehead atoms. The van der Waals surface area contributed by atoms with E-state index in [-0.39, 0.29) is 0 Å². The highest BCUT2D eigenvalue weighted by Gasteiger charge is 2.35. The van der Waals surface area contributed by atoms with E-state index in [0.29, 0.717) is 12.2 Å². The van der Waals surface area contributed by atoms with Crippen molar-refractivity contribution < 1.29 is 19.4 Å². The standard InChI is InChI=1S/C28H30O4/c1-16-11-13-19(14-12-16)22-17(2)23-21-10-8-7-9-20(21)15-31-25(23)18(3)24(22)26(27(29)30)32-28(4,5)6/h7-14,26H,15H2,1-6H3,(H,29,30). The first-order valence-electron chi connectivity index (χ1n) is 10.9. The third-order valence-corrected chi connectivity index (χ3v) is 5.95. The molecule has 0 aromatic heterocycles. The normalized spacial score (nSPS) is 13.7.